The van der Waals surface area contributed by atoms with Gasteiger partial charge in [-0.05, 0) is 50.7 Å². The van der Waals surface area contributed by atoms with Gasteiger partial charge in [-0.2, -0.15) is 0 Å². The first-order valence-corrected chi connectivity index (χ1v) is 10.2. The first-order chi connectivity index (χ1) is 12.5. The second kappa shape index (κ2) is 8.66. The van der Waals surface area contributed by atoms with E-state index in [-0.39, 0.29) is 34.6 Å². The van der Waals surface area contributed by atoms with Gasteiger partial charge in [0, 0.05) is 22.8 Å². The Morgan fingerprint density at radius 2 is 1.62 bits per heavy atom. The predicted molar refractivity (Wildman–Crippen MR) is 99.0 cm³/mol. The van der Waals surface area contributed by atoms with E-state index in [1.54, 1.807) is 12.1 Å². The van der Waals surface area contributed by atoms with Crippen LogP contribution in [0.4, 0.5) is 0 Å². The van der Waals surface area contributed by atoms with Gasteiger partial charge in [-0.3, -0.25) is 9.59 Å². The molecule has 0 saturated heterocycles. The summed E-state index contributed by atoms with van der Waals surface area (Å²) in [5.41, 5.74) is 0. The quantitative estimate of drug-likeness (QED) is 0.709. The van der Waals surface area contributed by atoms with E-state index >= 15 is 0 Å². The summed E-state index contributed by atoms with van der Waals surface area (Å²) in [5, 5.41) is 15.0. The van der Waals surface area contributed by atoms with Gasteiger partial charge in [-0.15, -0.1) is 11.3 Å². The molecule has 3 rings (SSSR count). The van der Waals surface area contributed by atoms with Gasteiger partial charge in [-0.25, -0.2) is 4.79 Å². The maximum absolute atomic E-state index is 12.3. The van der Waals surface area contributed by atoms with E-state index in [4.69, 9.17) is 5.11 Å². The Balaban J connectivity index is 1.38. The van der Waals surface area contributed by atoms with Crippen LogP contribution >= 0.6 is 11.3 Å². The molecule has 2 amide bonds. The van der Waals surface area contributed by atoms with Gasteiger partial charge >= 0.3 is 5.97 Å². The van der Waals surface area contributed by atoms with Gasteiger partial charge in [-0.1, -0.05) is 12.8 Å². The molecule has 0 bridgehead atoms. The maximum Gasteiger partial charge on any atom is 0.345 e. The van der Waals surface area contributed by atoms with Crippen LogP contribution in [0.3, 0.4) is 0 Å². The molecule has 26 heavy (non-hydrogen) atoms. The first-order valence-electron chi connectivity index (χ1n) is 9.43. The van der Waals surface area contributed by atoms with Crippen LogP contribution in [0.15, 0.2) is 12.1 Å². The largest absolute Gasteiger partial charge is 0.477 e. The third-order valence-corrected chi connectivity index (χ3v) is 6.55. The highest BCUT2D eigenvalue weighted by atomic mass is 32.1. The van der Waals surface area contributed by atoms with Gasteiger partial charge in [0.1, 0.15) is 4.88 Å². The fraction of sp³-hybridized carbons (Fsp3) is 0.632. The molecule has 2 aliphatic carbocycles. The van der Waals surface area contributed by atoms with Crippen molar-refractivity contribution in [3.05, 3.63) is 21.9 Å². The molecular formula is C19H26N2O4S. The fourth-order valence-corrected chi connectivity index (χ4v) is 4.70. The maximum atomic E-state index is 12.3. The lowest BCUT2D eigenvalue weighted by Gasteiger charge is -2.29. The highest BCUT2D eigenvalue weighted by Crippen LogP contribution is 2.28. The monoisotopic (exact) mass is 378 g/mol. The van der Waals surface area contributed by atoms with Crippen LogP contribution in [0.5, 0.6) is 0 Å². The molecule has 3 N–H and O–H groups in total. The van der Waals surface area contributed by atoms with E-state index in [0.717, 1.165) is 56.2 Å². The zero-order chi connectivity index (χ0) is 18.5. The molecule has 2 aliphatic rings. The van der Waals surface area contributed by atoms with E-state index in [2.05, 4.69) is 10.6 Å². The van der Waals surface area contributed by atoms with Crippen molar-refractivity contribution in [3.8, 4) is 0 Å². The summed E-state index contributed by atoms with van der Waals surface area (Å²) in [6, 6.07) is 3.50. The molecule has 0 radical (unpaired) electrons. The summed E-state index contributed by atoms with van der Waals surface area (Å²) in [5.74, 6) is -0.547. The van der Waals surface area contributed by atoms with E-state index in [1.807, 2.05) is 0 Å². The predicted octanol–water partition coefficient (Wildman–Crippen LogP) is 2.93. The van der Waals surface area contributed by atoms with Crippen molar-refractivity contribution in [3.63, 3.8) is 0 Å². The molecule has 0 spiro atoms. The molecule has 0 aliphatic heterocycles. The van der Waals surface area contributed by atoms with Crippen molar-refractivity contribution in [2.45, 2.75) is 64.0 Å². The van der Waals surface area contributed by atoms with E-state index in [9.17, 15) is 14.4 Å². The van der Waals surface area contributed by atoms with Crippen LogP contribution in [0.25, 0.3) is 0 Å². The molecule has 6 nitrogen and oxygen atoms in total. The lowest BCUT2D eigenvalue weighted by atomic mass is 9.85. The molecule has 2 saturated carbocycles. The van der Waals surface area contributed by atoms with Crippen LogP contribution in [0.1, 0.15) is 65.9 Å². The number of thiophene rings is 1. The summed E-state index contributed by atoms with van der Waals surface area (Å²) in [4.78, 5) is 36.6. The van der Waals surface area contributed by atoms with Crippen LogP contribution < -0.4 is 10.6 Å². The van der Waals surface area contributed by atoms with Crippen molar-refractivity contribution in [1.29, 1.82) is 0 Å². The van der Waals surface area contributed by atoms with Crippen LogP contribution in [-0.2, 0) is 16.1 Å². The number of carbonyl (C=O) groups excluding carboxylic acids is 2. The van der Waals surface area contributed by atoms with E-state index in [0.29, 0.717) is 6.54 Å². The minimum atomic E-state index is -0.939. The number of nitrogens with one attached hydrogen (secondary N) is 2. The minimum Gasteiger partial charge on any atom is -0.477 e. The third-order valence-electron chi connectivity index (χ3n) is 5.48. The molecule has 142 valence electrons. The average molecular weight is 378 g/mol. The summed E-state index contributed by atoms with van der Waals surface area (Å²) in [7, 11) is 0. The molecule has 0 aromatic carbocycles. The SMILES string of the molecule is O=C(O)c1ccc(CNC(=O)C2CCC(NC(=O)C3CCCC3)CC2)s1. The van der Waals surface area contributed by atoms with Gasteiger partial charge in [0.15, 0.2) is 0 Å². The number of rotatable bonds is 6. The average Bonchev–Trinajstić information content (AvgIpc) is 3.32. The fourth-order valence-electron chi connectivity index (χ4n) is 3.91. The number of amides is 2. The Labute approximate surface area is 157 Å². The highest BCUT2D eigenvalue weighted by molar-refractivity contribution is 7.13. The second-order valence-electron chi connectivity index (χ2n) is 7.33. The summed E-state index contributed by atoms with van der Waals surface area (Å²) >= 11 is 1.19. The zero-order valence-corrected chi connectivity index (χ0v) is 15.6. The third kappa shape index (κ3) is 4.84. The highest BCUT2D eigenvalue weighted by Gasteiger charge is 2.29. The summed E-state index contributed by atoms with van der Waals surface area (Å²) in [6.45, 7) is 0.370. The van der Waals surface area contributed by atoms with Crippen molar-refractivity contribution in [2.75, 3.05) is 0 Å². The molecule has 1 heterocycles. The van der Waals surface area contributed by atoms with Crippen LogP contribution in [-0.4, -0.2) is 28.9 Å². The number of aromatic carboxylic acids is 1. The van der Waals surface area contributed by atoms with Crippen LogP contribution in [0, 0.1) is 11.8 Å². The van der Waals surface area contributed by atoms with Gasteiger partial charge in [0.05, 0.1) is 6.54 Å². The summed E-state index contributed by atoms with van der Waals surface area (Å²) in [6.07, 6.45) is 7.59. The van der Waals surface area contributed by atoms with E-state index in [1.165, 1.54) is 11.3 Å². The Hall–Kier alpha value is -1.89. The smallest absolute Gasteiger partial charge is 0.345 e. The second-order valence-corrected chi connectivity index (χ2v) is 8.50. The number of carboxylic acids is 1. The summed E-state index contributed by atoms with van der Waals surface area (Å²) < 4.78 is 0. The molecular weight excluding hydrogens is 352 g/mol. The Morgan fingerprint density at radius 3 is 2.23 bits per heavy atom. The molecule has 7 heteroatoms. The number of hydrogen-bond acceptors (Lipinski definition) is 4. The van der Waals surface area contributed by atoms with Gasteiger partial charge < -0.3 is 15.7 Å². The Morgan fingerprint density at radius 1 is 0.962 bits per heavy atom. The zero-order valence-electron chi connectivity index (χ0n) is 14.8. The molecule has 1 aromatic rings. The lowest BCUT2D eigenvalue weighted by molar-refractivity contribution is -0.126. The molecule has 0 unspecified atom stereocenters. The minimum absolute atomic E-state index is 0.0199. The van der Waals surface area contributed by atoms with Gasteiger partial charge in [0.25, 0.3) is 0 Å². The topological polar surface area (TPSA) is 95.5 Å². The van der Waals surface area contributed by atoms with E-state index < -0.39 is 5.97 Å². The molecule has 2 fully saturated rings. The first kappa shape index (κ1) is 18.9. The van der Waals surface area contributed by atoms with Crippen molar-refractivity contribution in [2.24, 2.45) is 11.8 Å². The number of carboxylic acid groups (broad SMARTS) is 1. The van der Waals surface area contributed by atoms with Crippen molar-refractivity contribution >= 4 is 29.1 Å². The Bertz CT molecular complexity index is 658. The normalized spacial score (nSPS) is 23.5. The molecule has 0 atom stereocenters. The lowest BCUT2D eigenvalue weighted by Crippen LogP contribution is -2.42. The standard InChI is InChI=1S/C19H26N2O4S/c22-17(20-11-15-9-10-16(26-15)19(24)25)13-5-7-14(8-6-13)21-18(23)12-3-1-2-4-12/h9-10,12-14H,1-8,11H2,(H,20,22)(H,21,23)(H,24,25). The number of hydrogen-bond donors (Lipinski definition) is 3. The van der Waals surface area contributed by atoms with Crippen molar-refractivity contribution < 1.29 is 19.5 Å². The number of carbonyl (C=O) groups is 3. The molecule has 1 aromatic heterocycles. The van der Waals surface area contributed by atoms with Crippen molar-refractivity contribution in [1.82, 2.24) is 10.6 Å². The Kier molecular flexibility index (Phi) is 6.29. The van der Waals surface area contributed by atoms with Crippen LogP contribution in [0.2, 0.25) is 0 Å². The van der Waals surface area contributed by atoms with Gasteiger partial charge in [0.2, 0.25) is 11.8 Å².